The van der Waals surface area contributed by atoms with Crippen LogP contribution < -0.4 is 5.32 Å². The number of rotatable bonds is 9. The van der Waals surface area contributed by atoms with Crippen LogP contribution in [0.15, 0.2) is 0 Å². The van der Waals surface area contributed by atoms with Crippen molar-refractivity contribution in [1.82, 2.24) is 5.32 Å². The van der Waals surface area contributed by atoms with Gasteiger partial charge in [0.05, 0.1) is 6.10 Å². The molecule has 0 radical (unpaired) electrons. The Morgan fingerprint density at radius 1 is 1.22 bits per heavy atom. The Morgan fingerprint density at radius 3 is 2.72 bits per heavy atom. The smallest absolute Gasteiger partial charge is 0.0603 e. The van der Waals surface area contributed by atoms with Crippen molar-refractivity contribution in [2.45, 2.75) is 84.3 Å². The van der Waals surface area contributed by atoms with Crippen LogP contribution in [0.5, 0.6) is 0 Å². The van der Waals surface area contributed by atoms with E-state index in [-0.39, 0.29) is 0 Å². The predicted octanol–water partition coefficient (Wildman–Crippen LogP) is 4.14. The minimum absolute atomic E-state index is 0.558. The first kappa shape index (κ1) is 16.0. The Balaban J connectivity index is 2.05. The monoisotopic (exact) mass is 255 g/mol. The molecule has 0 bridgehead atoms. The molecule has 0 aromatic heterocycles. The lowest BCUT2D eigenvalue weighted by Gasteiger charge is -2.30. The summed E-state index contributed by atoms with van der Waals surface area (Å²) < 4.78 is 6.11. The van der Waals surface area contributed by atoms with Gasteiger partial charge in [-0.15, -0.1) is 0 Å². The number of hydrogen-bond acceptors (Lipinski definition) is 2. The van der Waals surface area contributed by atoms with E-state index in [1.165, 1.54) is 51.4 Å². The van der Waals surface area contributed by atoms with E-state index in [9.17, 15) is 0 Å². The summed E-state index contributed by atoms with van der Waals surface area (Å²) in [7, 11) is 0. The molecule has 0 aromatic carbocycles. The molecule has 0 spiro atoms. The van der Waals surface area contributed by atoms with Crippen LogP contribution in [0.2, 0.25) is 0 Å². The molecule has 108 valence electrons. The first-order valence-electron chi connectivity index (χ1n) is 8.12. The first-order chi connectivity index (χ1) is 8.77. The summed E-state index contributed by atoms with van der Waals surface area (Å²) in [5.41, 5.74) is 0. The van der Waals surface area contributed by atoms with E-state index in [0.29, 0.717) is 12.1 Å². The third kappa shape index (κ3) is 6.19. The summed E-state index contributed by atoms with van der Waals surface area (Å²) in [5.74, 6) is 0.828. The van der Waals surface area contributed by atoms with Crippen LogP contribution in [0.3, 0.4) is 0 Å². The van der Waals surface area contributed by atoms with E-state index in [0.717, 1.165) is 19.1 Å². The second kappa shape index (κ2) is 9.80. The molecule has 1 rings (SSSR count). The summed E-state index contributed by atoms with van der Waals surface area (Å²) in [4.78, 5) is 0. The molecular weight excluding hydrogens is 222 g/mol. The van der Waals surface area contributed by atoms with Gasteiger partial charge in [-0.3, -0.25) is 0 Å². The lowest BCUT2D eigenvalue weighted by atomic mass is 9.85. The van der Waals surface area contributed by atoms with E-state index >= 15 is 0 Å². The summed E-state index contributed by atoms with van der Waals surface area (Å²) in [6, 6.07) is 0.641. The van der Waals surface area contributed by atoms with Gasteiger partial charge in [-0.25, -0.2) is 0 Å². The van der Waals surface area contributed by atoms with Crippen LogP contribution in [-0.4, -0.2) is 25.3 Å². The van der Waals surface area contributed by atoms with Crippen molar-refractivity contribution in [3.05, 3.63) is 0 Å². The van der Waals surface area contributed by atoms with Crippen molar-refractivity contribution in [3.8, 4) is 0 Å². The summed E-state index contributed by atoms with van der Waals surface area (Å²) in [6.07, 6.45) is 11.0. The third-order valence-corrected chi connectivity index (χ3v) is 4.22. The fourth-order valence-corrected chi connectivity index (χ4v) is 2.98. The van der Waals surface area contributed by atoms with Crippen molar-refractivity contribution in [2.75, 3.05) is 13.2 Å². The zero-order valence-corrected chi connectivity index (χ0v) is 12.7. The summed E-state index contributed by atoms with van der Waals surface area (Å²) in [6.45, 7) is 8.91. The molecule has 3 unspecified atom stereocenters. The molecule has 0 aromatic rings. The van der Waals surface area contributed by atoms with E-state index in [2.05, 4.69) is 26.1 Å². The van der Waals surface area contributed by atoms with Crippen molar-refractivity contribution in [3.63, 3.8) is 0 Å². The van der Waals surface area contributed by atoms with Crippen molar-refractivity contribution in [1.29, 1.82) is 0 Å². The van der Waals surface area contributed by atoms with Gasteiger partial charge in [-0.05, 0) is 51.5 Å². The van der Waals surface area contributed by atoms with Gasteiger partial charge in [0.2, 0.25) is 0 Å². The molecule has 2 nitrogen and oxygen atoms in total. The summed E-state index contributed by atoms with van der Waals surface area (Å²) >= 11 is 0. The zero-order chi connectivity index (χ0) is 13.2. The molecule has 1 fully saturated rings. The maximum Gasteiger partial charge on any atom is 0.0603 e. The molecule has 2 heteroatoms. The van der Waals surface area contributed by atoms with Gasteiger partial charge in [0.25, 0.3) is 0 Å². The lowest BCUT2D eigenvalue weighted by molar-refractivity contribution is -0.0139. The fourth-order valence-electron chi connectivity index (χ4n) is 2.98. The second-order valence-electron chi connectivity index (χ2n) is 5.86. The Morgan fingerprint density at radius 2 is 2.00 bits per heavy atom. The highest BCUT2D eigenvalue weighted by Crippen LogP contribution is 2.29. The molecule has 0 aliphatic heterocycles. The minimum Gasteiger partial charge on any atom is -0.378 e. The minimum atomic E-state index is 0.558. The van der Waals surface area contributed by atoms with Gasteiger partial charge in [0, 0.05) is 12.6 Å². The highest BCUT2D eigenvalue weighted by atomic mass is 16.5. The van der Waals surface area contributed by atoms with Gasteiger partial charge in [0.15, 0.2) is 0 Å². The molecule has 1 aliphatic carbocycles. The Hall–Kier alpha value is -0.0800. The topological polar surface area (TPSA) is 21.3 Å². The van der Waals surface area contributed by atoms with Crippen LogP contribution in [0.25, 0.3) is 0 Å². The van der Waals surface area contributed by atoms with Gasteiger partial charge in [-0.1, -0.05) is 33.1 Å². The molecule has 1 aliphatic rings. The van der Waals surface area contributed by atoms with Gasteiger partial charge in [0.1, 0.15) is 0 Å². The largest absolute Gasteiger partial charge is 0.378 e. The van der Waals surface area contributed by atoms with Crippen molar-refractivity contribution in [2.24, 2.45) is 5.92 Å². The predicted molar refractivity (Wildman–Crippen MR) is 79.0 cm³/mol. The SMILES string of the molecule is CCCNC(C)CCCOC1CCCCC1CC. The van der Waals surface area contributed by atoms with E-state index in [4.69, 9.17) is 4.74 Å². The van der Waals surface area contributed by atoms with E-state index < -0.39 is 0 Å². The molecule has 0 amide bonds. The maximum atomic E-state index is 6.11. The molecule has 3 atom stereocenters. The number of hydrogen-bond donors (Lipinski definition) is 1. The van der Waals surface area contributed by atoms with Gasteiger partial charge >= 0.3 is 0 Å². The standard InChI is InChI=1S/C16H33NO/c1-4-12-17-14(3)9-8-13-18-16-11-7-6-10-15(16)5-2/h14-17H,4-13H2,1-3H3. The molecule has 0 saturated heterocycles. The highest BCUT2D eigenvalue weighted by Gasteiger charge is 2.23. The van der Waals surface area contributed by atoms with Gasteiger partial charge in [-0.2, -0.15) is 0 Å². The normalized spacial score (nSPS) is 26.2. The molecule has 1 N–H and O–H groups in total. The average Bonchev–Trinajstić information content (AvgIpc) is 2.41. The number of nitrogens with one attached hydrogen (secondary N) is 1. The second-order valence-corrected chi connectivity index (χ2v) is 5.86. The van der Waals surface area contributed by atoms with Crippen LogP contribution in [0.4, 0.5) is 0 Å². The van der Waals surface area contributed by atoms with Crippen LogP contribution in [0, 0.1) is 5.92 Å². The van der Waals surface area contributed by atoms with Crippen molar-refractivity contribution < 1.29 is 4.74 Å². The number of ether oxygens (including phenoxy) is 1. The maximum absolute atomic E-state index is 6.11. The first-order valence-corrected chi connectivity index (χ1v) is 8.12. The fraction of sp³-hybridized carbons (Fsp3) is 1.00. The molecule has 18 heavy (non-hydrogen) atoms. The Kier molecular flexibility index (Phi) is 8.70. The Bertz CT molecular complexity index is 196. The molecule has 1 saturated carbocycles. The molecule has 0 heterocycles. The summed E-state index contributed by atoms with van der Waals surface area (Å²) in [5, 5.41) is 3.54. The highest BCUT2D eigenvalue weighted by molar-refractivity contribution is 4.75. The molecular formula is C16H33NO. The van der Waals surface area contributed by atoms with E-state index in [1.54, 1.807) is 0 Å². The van der Waals surface area contributed by atoms with Gasteiger partial charge < -0.3 is 10.1 Å². The van der Waals surface area contributed by atoms with Crippen LogP contribution in [-0.2, 0) is 4.74 Å². The van der Waals surface area contributed by atoms with Crippen molar-refractivity contribution >= 4 is 0 Å². The quantitative estimate of drug-likeness (QED) is 0.625. The van der Waals surface area contributed by atoms with Crippen LogP contribution in [0.1, 0.15) is 72.1 Å². The van der Waals surface area contributed by atoms with Crippen LogP contribution >= 0.6 is 0 Å². The Labute approximate surface area is 114 Å². The lowest BCUT2D eigenvalue weighted by Crippen LogP contribution is -2.29. The average molecular weight is 255 g/mol. The third-order valence-electron chi connectivity index (χ3n) is 4.22. The zero-order valence-electron chi connectivity index (χ0n) is 12.7. The van der Waals surface area contributed by atoms with E-state index in [1.807, 2.05) is 0 Å².